The van der Waals surface area contributed by atoms with Gasteiger partial charge in [-0.05, 0) is 12.1 Å². The van der Waals surface area contributed by atoms with Gasteiger partial charge in [0.1, 0.15) is 12.1 Å². The first-order chi connectivity index (χ1) is 7.52. The second-order valence-corrected chi connectivity index (χ2v) is 5.73. The SMILES string of the molecule is C[N+]1(C2CC2)Cc2cc(Cl)cc(Cl)c2C1=O. The Hall–Kier alpha value is -0.570. The molecular weight excluding hydrogens is 245 g/mol. The van der Waals surface area contributed by atoms with Crippen LogP contribution in [0.2, 0.25) is 10.0 Å². The van der Waals surface area contributed by atoms with Gasteiger partial charge in [-0.1, -0.05) is 23.2 Å². The molecular formula is C12H12Cl2NO+. The largest absolute Gasteiger partial charge is 0.348 e. The molecule has 0 saturated heterocycles. The molecule has 1 fully saturated rings. The highest BCUT2D eigenvalue weighted by molar-refractivity contribution is 6.37. The van der Waals surface area contributed by atoms with Crippen molar-refractivity contribution in [1.29, 1.82) is 0 Å². The molecule has 0 spiro atoms. The van der Waals surface area contributed by atoms with E-state index in [1.807, 2.05) is 13.1 Å². The third-order valence-corrected chi connectivity index (χ3v) is 4.18. The summed E-state index contributed by atoms with van der Waals surface area (Å²) in [7, 11) is 2.00. The number of carbonyl (C=O) groups is 1. The molecule has 1 aromatic rings. The third-order valence-electron chi connectivity index (χ3n) is 3.67. The summed E-state index contributed by atoms with van der Waals surface area (Å²) in [5.74, 6) is 0.152. The number of quaternary nitrogens is 1. The van der Waals surface area contributed by atoms with E-state index in [-0.39, 0.29) is 5.91 Å². The fourth-order valence-corrected chi connectivity index (χ4v) is 3.23. The fraction of sp³-hybridized carbons (Fsp3) is 0.417. The highest BCUT2D eigenvalue weighted by Gasteiger charge is 2.53. The van der Waals surface area contributed by atoms with Gasteiger partial charge >= 0.3 is 5.91 Å². The highest BCUT2D eigenvalue weighted by Crippen LogP contribution is 2.43. The Morgan fingerprint density at radius 3 is 2.62 bits per heavy atom. The maximum Gasteiger partial charge on any atom is 0.348 e. The van der Waals surface area contributed by atoms with Gasteiger partial charge in [-0.3, -0.25) is 4.48 Å². The average molecular weight is 257 g/mol. The molecule has 1 aliphatic heterocycles. The topological polar surface area (TPSA) is 17.1 Å². The lowest BCUT2D eigenvalue weighted by Crippen LogP contribution is -2.46. The third kappa shape index (κ3) is 1.33. The Balaban J connectivity index is 2.13. The molecule has 2 aliphatic rings. The number of fused-ring (bicyclic) bond motifs is 1. The molecule has 1 atom stereocenters. The minimum atomic E-state index is 0.152. The van der Waals surface area contributed by atoms with E-state index in [1.165, 1.54) is 0 Å². The number of hydrogen-bond donors (Lipinski definition) is 0. The van der Waals surface area contributed by atoms with Gasteiger partial charge in [-0.15, -0.1) is 0 Å². The monoisotopic (exact) mass is 256 g/mol. The number of amides is 1. The predicted octanol–water partition coefficient (Wildman–Crippen LogP) is 3.26. The van der Waals surface area contributed by atoms with Crippen molar-refractivity contribution >= 4 is 29.1 Å². The smallest absolute Gasteiger partial charge is 0.252 e. The lowest BCUT2D eigenvalue weighted by atomic mass is 10.1. The zero-order valence-electron chi connectivity index (χ0n) is 8.96. The standard InChI is InChI=1S/C12H12Cl2NO/c1-15(9-2-3-9)6-7-4-8(13)5-10(14)11(7)12(15)16/h4-5,9H,2-3,6H2,1H3/q+1. The van der Waals surface area contributed by atoms with E-state index >= 15 is 0 Å². The van der Waals surface area contributed by atoms with Gasteiger partial charge in [-0.2, -0.15) is 0 Å². The van der Waals surface area contributed by atoms with Crippen molar-refractivity contribution in [3.8, 4) is 0 Å². The molecule has 3 rings (SSSR count). The van der Waals surface area contributed by atoms with Crippen LogP contribution < -0.4 is 0 Å². The van der Waals surface area contributed by atoms with Crippen LogP contribution in [0.25, 0.3) is 0 Å². The lowest BCUT2D eigenvalue weighted by Gasteiger charge is -2.25. The number of carbonyl (C=O) groups excluding carboxylic acids is 1. The highest BCUT2D eigenvalue weighted by atomic mass is 35.5. The van der Waals surface area contributed by atoms with Crippen molar-refractivity contribution in [3.63, 3.8) is 0 Å². The quantitative estimate of drug-likeness (QED) is 0.706. The van der Waals surface area contributed by atoms with Crippen molar-refractivity contribution in [2.45, 2.75) is 25.4 Å². The van der Waals surface area contributed by atoms with Gasteiger partial charge in [-0.25, -0.2) is 4.79 Å². The van der Waals surface area contributed by atoms with E-state index in [4.69, 9.17) is 23.2 Å². The number of halogens is 2. The molecule has 2 nitrogen and oxygen atoms in total. The zero-order chi connectivity index (χ0) is 11.5. The molecule has 1 amide bonds. The van der Waals surface area contributed by atoms with Crippen LogP contribution in [0.3, 0.4) is 0 Å². The second kappa shape index (κ2) is 3.22. The van der Waals surface area contributed by atoms with Crippen molar-refractivity contribution in [2.24, 2.45) is 0 Å². The van der Waals surface area contributed by atoms with Crippen LogP contribution in [-0.4, -0.2) is 23.5 Å². The predicted molar refractivity (Wildman–Crippen MR) is 63.7 cm³/mol. The fourth-order valence-electron chi connectivity index (χ4n) is 2.61. The summed E-state index contributed by atoms with van der Waals surface area (Å²) in [6, 6.07) is 4.00. The summed E-state index contributed by atoms with van der Waals surface area (Å²) in [6.07, 6.45) is 2.28. The van der Waals surface area contributed by atoms with E-state index in [2.05, 4.69) is 0 Å². The molecule has 0 radical (unpaired) electrons. The normalized spacial score (nSPS) is 28.3. The summed E-state index contributed by atoms with van der Waals surface area (Å²) in [6.45, 7) is 0.735. The molecule has 0 N–H and O–H groups in total. The average Bonchev–Trinajstić information content (AvgIpc) is 2.95. The molecule has 16 heavy (non-hydrogen) atoms. The van der Waals surface area contributed by atoms with Crippen LogP contribution in [0.15, 0.2) is 12.1 Å². The summed E-state index contributed by atoms with van der Waals surface area (Å²) < 4.78 is 0.482. The van der Waals surface area contributed by atoms with Gasteiger partial charge in [0.2, 0.25) is 0 Å². The first kappa shape index (κ1) is 10.6. The molecule has 1 aliphatic carbocycles. The summed E-state index contributed by atoms with van der Waals surface area (Å²) >= 11 is 12.1. The summed E-state index contributed by atoms with van der Waals surface area (Å²) in [5.41, 5.74) is 1.68. The Morgan fingerprint density at radius 2 is 2.00 bits per heavy atom. The minimum absolute atomic E-state index is 0.152. The number of rotatable bonds is 1. The molecule has 84 valence electrons. The zero-order valence-corrected chi connectivity index (χ0v) is 10.5. The Bertz CT molecular complexity index is 496. The van der Waals surface area contributed by atoms with Crippen molar-refractivity contribution in [1.82, 2.24) is 0 Å². The molecule has 1 aromatic carbocycles. The van der Waals surface area contributed by atoms with Crippen molar-refractivity contribution in [3.05, 3.63) is 33.3 Å². The van der Waals surface area contributed by atoms with Gasteiger partial charge in [0.15, 0.2) is 0 Å². The minimum Gasteiger partial charge on any atom is -0.252 e. The van der Waals surface area contributed by atoms with Gasteiger partial charge in [0.05, 0.1) is 18.1 Å². The van der Waals surface area contributed by atoms with E-state index in [1.54, 1.807) is 6.07 Å². The number of hydrogen-bond acceptors (Lipinski definition) is 1. The molecule has 0 aromatic heterocycles. The van der Waals surface area contributed by atoms with Crippen LogP contribution >= 0.6 is 23.2 Å². The molecule has 1 saturated carbocycles. The Morgan fingerprint density at radius 1 is 1.31 bits per heavy atom. The van der Waals surface area contributed by atoms with Crippen LogP contribution in [0.1, 0.15) is 28.8 Å². The number of benzene rings is 1. The summed E-state index contributed by atoms with van der Waals surface area (Å²) in [5, 5.41) is 1.11. The Labute approximate surface area is 104 Å². The maximum absolute atomic E-state index is 12.4. The van der Waals surface area contributed by atoms with Gasteiger partial charge in [0.25, 0.3) is 0 Å². The van der Waals surface area contributed by atoms with E-state index < -0.39 is 0 Å². The molecule has 1 unspecified atom stereocenters. The van der Waals surface area contributed by atoms with Crippen molar-refractivity contribution < 1.29 is 9.28 Å². The van der Waals surface area contributed by atoms with Gasteiger partial charge < -0.3 is 0 Å². The van der Waals surface area contributed by atoms with Crippen molar-refractivity contribution in [2.75, 3.05) is 7.05 Å². The molecule has 0 bridgehead atoms. The van der Waals surface area contributed by atoms with Crippen LogP contribution in [0, 0.1) is 0 Å². The van der Waals surface area contributed by atoms with Crippen LogP contribution in [0.4, 0.5) is 0 Å². The van der Waals surface area contributed by atoms with Gasteiger partial charge in [0, 0.05) is 23.4 Å². The molecule has 4 heteroatoms. The van der Waals surface area contributed by atoms with E-state index in [9.17, 15) is 4.79 Å². The first-order valence-electron chi connectivity index (χ1n) is 5.40. The van der Waals surface area contributed by atoms with E-state index in [0.29, 0.717) is 26.1 Å². The maximum atomic E-state index is 12.4. The van der Waals surface area contributed by atoms with Crippen LogP contribution in [-0.2, 0) is 6.54 Å². The second-order valence-electron chi connectivity index (χ2n) is 4.88. The lowest BCUT2D eigenvalue weighted by molar-refractivity contribution is -0.849. The summed E-state index contributed by atoms with van der Waals surface area (Å²) in [4.78, 5) is 12.4. The first-order valence-corrected chi connectivity index (χ1v) is 6.16. The number of nitrogens with zero attached hydrogens (tertiary/aromatic N) is 1. The molecule has 1 heterocycles. The Kier molecular flexibility index (Phi) is 2.13. The van der Waals surface area contributed by atoms with Crippen LogP contribution in [0.5, 0.6) is 0 Å². The van der Waals surface area contributed by atoms with E-state index in [0.717, 1.165) is 24.9 Å².